The molecule has 0 aromatic heterocycles. The third kappa shape index (κ3) is 3.88. The molecule has 10 fully saturated rings. The fourth-order valence-electron chi connectivity index (χ4n) is 13.4. The molecule has 10 saturated carbocycles. The van der Waals surface area contributed by atoms with E-state index < -0.39 is 5.60 Å². The summed E-state index contributed by atoms with van der Waals surface area (Å²) in [5.74, 6) is 7.67. The van der Waals surface area contributed by atoms with Gasteiger partial charge in [-0.1, -0.05) is 36.6 Å². The quantitative estimate of drug-likeness (QED) is 0.182. The van der Waals surface area contributed by atoms with Crippen molar-refractivity contribution in [2.24, 2.45) is 88.3 Å². The van der Waals surface area contributed by atoms with Crippen LogP contribution in [-0.4, -0.2) is 28.1 Å². The van der Waals surface area contributed by atoms with E-state index >= 15 is 0 Å². The van der Waals surface area contributed by atoms with Gasteiger partial charge in [0.25, 0.3) is 0 Å². The Morgan fingerprint density at radius 2 is 1.61 bits per heavy atom. The zero-order valence-corrected chi connectivity index (χ0v) is 26.8. The van der Waals surface area contributed by atoms with Crippen LogP contribution in [0.3, 0.4) is 0 Å². The lowest BCUT2D eigenvalue weighted by molar-refractivity contribution is -0.138. The molecule has 44 heavy (non-hydrogen) atoms. The molecule has 13 unspecified atom stereocenters. The average molecular weight is 597 g/mol. The Morgan fingerprint density at radius 1 is 0.818 bits per heavy atom. The first-order valence-corrected chi connectivity index (χ1v) is 18.9. The van der Waals surface area contributed by atoms with Gasteiger partial charge in [-0.2, -0.15) is 0 Å². The van der Waals surface area contributed by atoms with Crippen molar-refractivity contribution in [3.63, 3.8) is 0 Å². The molecule has 0 saturated heterocycles. The van der Waals surface area contributed by atoms with E-state index in [2.05, 4.69) is 6.92 Å². The minimum absolute atomic E-state index is 0.0193. The van der Waals surface area contributed by atoms with Gasteiger partial charge in [-0.15, -0.1) is 0 Å². The third-order valence-electron chi connectivity index (χ3n) is 16.3. The number of hydrogen-bond donors (Lipinski definition) is 1. The highest BCUT2D eigenvalue weighted by Gasteiger charge is 2.71. The maximum atomic E-state index is 13.2. The van der Waals surface area contributed by atoms with E-state index in [0.717, 1.165) is 68.1 Å². The maximum absolute atomic E-state index is 13.2. The van der Waals surface area contributed by atoms with E-state index in [9.17, 15) is 19.5 Å². The van der Waals surface area contributed by atoms with Gasteiger partial charge in [-0.3, -0.25) is 14.4 Å². The number of carbonyl (C=O) groups is 3. The van der Waals surface area contributed by atoms with Crippen LogP contribution in [-0.2, 0) is 14.4 Å². The Balaban J connectivity index is 0.851. The zero-order valence-electron chi connectivity index (χ0n) is 26.8. The van der Waals surface area contributed by atoms with E-state index in [1.165, 1.54) is 51.4 Å². The number of Topliss-reactive ketones (excluding diaryl/α,β-unsaturated/α-hetero) is 3. The number of allylic oxidation sites excluding steroid dienone is 3. The Kier molecular flexibility index (Phi) is 5.68. The topological polar surface area (TPSA) is 71.4 Å². The molecule has 13 atom stereocenters. The SMILES string of the molecule is C=C(C1CCCC(C(=O)C2(O)CC2)C(C)C1)C1CC2CCC13CC3CC1C(C3=C4CC(C4)C4C(C3)C4C(=O)C(=O)C3CC3)C21. The molecule has 0 heterocycles. The fourth-order valence-corrected chi connectivity index (χ4v) is 13.4. The van der Waals surface area contributed by atoms with Gasteiger partial charge >= 0.3 is 0 Å². The highest BCUT2D eigenvalue weighted by molar-refractivity contribution is 6.40. The largest absolute Gasteiger partial charge is 0.382 e. The predicted molar refractivity (Wildman–Crippen MR) is 167 cm³/mol. The van der Waals surface area contributed by atoms with Gasteiger partial charge in [-0.05, 0) is 167 Å². The lowest BCUT2D eigenvalue weighted by Gasteiger charge is -2.43. The summed E-state index contributed by atoms with van der Waals surface area (Å²) >= 11 is 0. The summed E-state index contributed by atoms with van der Waals surface area (Å²) in [6.07, 6.45) is 18.1. The molecular weight excluding hydrogens is 544 g/mol. The molecule has 4 nitrogen and oxygen atoms in total. The number of hydrogen-bond acceptors (Lipinski definition) is 4. The van der Waals surface area contributed by atoms with Crippen molar-refractivity contribution in [3.8, 4) is 0 Å². The molecule has 4 heteroatoms. The van der Waals surface area contributed by atoms with Gasteiger partial charge in [-0.25, -0.2) is 0 Å². The predicted octanol–water partition coefficient (Wildman–Crippen LogP) is 7.29. The van der Waals surface area contributed by atoms with Gasteiger partial charge in [0.2, 0.25) is 11.6 Å². The smallest absolute Gasteiger partial charge is 0.202 e. The second-order valence-corrected chi connectivity index (χ2v) is 18.4. The minimum Gasteiger partial charge on any atom is -0.382 e. The van der Waals surface area contributed by atoms with Crippen LogP contribution in [0.1, 0.15) is 110 Å². The van der Waals surface area contributed by atoms with Crippen LogP contribution < -0.4 is 0 Å². The minimum atomic E-state index is -0.995. The van der Waals surface area contributed by atoms with Crippen LogP contribution in [0, 0.1) is 88.3 Å². The van der Waals surface area contributed by atoms with Crippen LogP contribution in [0.2, 0.25) is 0 Å². The summed E-state index contributed by atoms with van der Waals surface area (Å²) in [6.45, 7) is 7.20. The van der Waals surface area contributed by atoms with Gasteiger partial charge in [0, 0.05) is 17.8 Å². The average Bonchev–Trinajstić information content (AvgIpc) is 3.78. The molecule has 0 amide bonds. The van der Waals surface area contributed by atoms with Crippen LogP contribution in [0.4, 0.5) is 0 Å². The maximum Gasteiger partial charge on any atom is 0.202 e. The van der Waals surface area contributed by atoms with Crippen molar-refractivity contribution in [3.05, 3.63) is 23.3 Å². The first-order chi connectivity index (χ1) is 21.2. The Hall–Kier alpha value is -1.55. The second-order valence-electron chi connectivity index (χ2n) is 18.4. The Labute approximate surface area is 263 Å². The summed E-state index contributed by atoms with van der Waals surface area (Å²) in [6, 6.07) is 0. The van der Waals surface area contributed by atoms with Crippen LogP contribution in [0.5, 0.6) is 0 Å². The zero-order chi connectivity index (χ0) is 29.9. The molecule has 12 aliphatic carbocycles. The van der Waals surface area contributed by atoms with E-state index in [-0.39, 0.29) is 35.1 Å². The molecule has 0 radical (unpaired) electrons. The van der Waals surface area contributed by atoms with Crippen molar-refractivity contribution < 1.29 is 19.5 Å². The van der Waals surface area contributed by atoms with Crippen LogP contribution >= 0.6 is 0 Å². The first kappa shape index (κ1) is 27.6. The van der Waals surface area contributed by atoms with Crippen molar-refractivity contribution in [2.45, 2.75) is 115 Å². The Morgan fingerprint density at radius 3 is 2.36 bits per heavy atom. The summed E-state index contributed by atoms with van der Waals surface area (Å²) < 4.78 is 0. The van der Waals surface area contributed by atoms with Crippen molar-refractivity contribution >= 4 is 17.3 Å². The molecule has 12 aliphatic rings. The number of ketones is 3. The lowest BCUT2D eigenvalue weighted by atomic mass is 9.62. The number of carbonyl (C=O) groups excluding carboxylic acids is 3. The standard InChI is InChI=1S/C40H52O4/c1-19-12-22(4-3-5-27(19)38(43)40(44)10-11-40)20(2)31-15-23-8-9-39(31)18-26(39)16-29-32(23)34(29)28-17-30-33(25-13-24(28)14-25)35(30)37(42)36(41)21-6-7-21/h19,21-23,25-27,29-35,44H,2-18H2,1H3. The summed E-state index contributed by atoms with van der Waals surface area (Å²) in [4.78, 5) is 39.0. The normalized spacial score (nSPS) is 52.0. The van der Waals surface area contributed by atoms with Gasteiger partial charge in [0.05, 0.1) is 0 Å². The molecule has 12 rings (SSSR count). The van der Waals surface area contributed by atoms with E-state index in [1.54, 1.807) is 16.7 Å². The van der Waals surface area contributed by atoms with Gasteiger partial charge < -0.3 is 5.11 Å². The molecular formula is C40H52O4. The molecule has 236 valence electrons. The number of rotatable bonds is 8. The van der Waals surface area contributed by atoms with Crippen molar-refractivity contribution in [1.82, 2.24) is 0 Å². The van der Waals surface area contributed by atoms with E-state index in [4.69, 9.17) is 6.58 Å². The Bertz CT molecular complexity index is 1390. The fraction of sp³-hybridized carbons (Fsp3) is 0.825. The molecule has 0 aromatic carbocycles. The highest BCUT2D eigenvalue weighted by atomic mass is 16.3. The van der Waals surface area contributed by atoms with E-state index in [1.807, 2.05) is 0 Å². The van der Waals surface area contributed by atoms with Gasteiger partial charge in [0.15, 0.2) is 5.78 Å². The lowest BCUT2D eigenvalue weighted by Crippen LogP contribution is -2.35. The molecule has 1 spiro atoms. The van der Waals surface area contributed by atoms with Crippen molar-refractivity contribution in [1.29, 1.82) is 0 Å². The summed E-state index contributed by atoms with van der Waals surface area (Å²) in [5.41, 5.74) is 4.61. The molecule has 1 N–H and O–H groups in total. The molecule has 4 bridgehead atoms. The molecule has 0 aliphatic heterocycles. The van der Waals surface area contributed by atoms with E-state index in [0.29, 0.717) is 53.8 Å². The summed E-state index contributed by atoms with van der Waals surface area (Å²) in [7, 11) is 0. The number of aliphatic hydroxyl groups is 1. The second kappa shape index (κ2) is 9.07. The van der Waals surface area contributed by atoms with Gasteiger partial charge in [0.1, 0.15) is 5.60 Å². The third-order valence-corrected chi connectivity index (χ3v) is 16.3. The summed E-state index contributed by atoms with van der Waals surface area (Å²) in [5, 5.41) is 10.6. The van der Waals surface area contributed by atoms with Crippen LogP contribution in [0.25, 0.3) is 0 Å². The highest BCUT2D eigenvalue weighted by Crippen LogP contribution is 2.78. The van der Waals surface area contributed by atoms with Crippen LogP contribution in [0.15, 0.2) is 23.3 Å². The monoisotopic (exact) mass is 596 g/mol. The molecule has 0 aromatic rings. The number of fused-ring (bicyclic) bond motifs is 3. The first-order valence-electron chi connectivity index (χ1n) is 18.9. The van der Waals surface area contributed by atoms with Crippen molar-refractivity contribution in [2.75, 3.05) is 0 Å².